The first kappa shape index (κ1) is 29.9. The van der Waals surface area contributed by atoms with Crippen molar-refractivity contribution in [1.82, 2.24) is 0 Å². The fourth-order valence-electron chi connectivity index (χ4n) is 4.79. The van der Waals surface area contributed by atoms with Crippen LogP contribution in [0, 0.1) is 11.8 Å². The van der Waals surface area contributed by atoms with E-state index in [0.717, 1.165) is 19.3 Å². The molecular formula is C25H42NO8P. The van der Waals surface area contributed by atoms with Crippen molar-refractivity contribution in [1.29, 1.82) is 0 Å². The van der Waals surface area contributed by atoms with Crippen LogP contribution < -0.4 is 5.73 Å². The second-order valence-corrected chi connectivity index (χ2v) is 10.8. The first-order chi connectivity index (χ1) is 16.6. The highest BCUT2D eigenvalue weighted by Gasteiger charge is 2.40. The predicted molar refractivity (Wildman–Crippen MR) is 133 cm³/mol. The van der Waals surface area contributed by atoms with E-state index in [4.69, 9.17) is 15.0 Å². The molecule has 0 amide bonds. The summed E-state index contributed by atoms with van der Waals surface area (Å²) in [6.45, 7) is 1.97. The van der Waals surface area contributed by atoms with Crippen LogP contribution in [0.5, 0.6) is 0 Å². The van der Waals surface area contributed by atoms with Crippen LogP contribution in [0.4, 0.5) is 0 Å². The number of esters is 1. The topological polar surface area (TPSA) is 160 Å². The number of aliphatic hydroxyl groups excluding tert-OH is 1. The number of cyclic esters (lactones) is 1. The molecule has 200 valence electrons. The summed E-state index contributed by atoms with van der Waals surface area (Å²) in [5.74, 6) is 0.255. The van der Waals surface area contributed by atoms with Gasteiger partial charge >= 0.3 is 13.8 Å². The average molecular weight is 516 g/mol. The zero-order chi connectivity index (χ0) is 25.9. The Morgan fingerprint density at radius 2 is 1.91 bits per heavy atom. The van der Waals surface area contributed by atoms with Crippen LogP contribution in [0.1, 0.15) is 71.1 Å². The van der Waals surface area contributed by atoms with Crippen molar-refractivity contribution < 1.29 is 38.6 Å². The lowest BCUT2D eigenvalue weighted by Gasteiger charge is -2.35. The molecule has 0 unspecified atom stereocenters. The van der Waals surface area contributed by atoms with E-state index in [-0.39, 0.29) is 31.3 Å². The minimum absolute atomic E-state index is 0.000416. The largest absolute Gasteiger partial charge is 0.469 e. The molecule has 1 aliphatic carbocycles. The Balaban J connectivity index is 2.15. The molecular weight excluding hydrogens is 473 g/mol. The van der Waals surface area contributed by atoms with Crippen LogP contribution in [-0.2, 0) is 18.6 Å². The fourth-order valence-corrected chi connectivity index (χ4v) is 5.39. The SMILES string of the molecule is CC[C@H]1CCC(=O)O[C@H]1/C=C/[C@](O)(CCN)[C@@H](C[C@@H](O)/C=C\C=C/C1CCCCC1)OP(=O)(O)O. The van der Waals surface area contributed by atoms with Gasteiger partial charge in [0, 0.05) is 12.8 Å². The number of ether oxygens (including phenoxy) is 1. The minimum atomic E-state index is -5.00. The van der Waals surface area contributed by atoms with E-state index in [1.807, 2.05) is 13.0 Å². The van der Waals surface area contributed by atoms with Crippen LogP contribution in [0.2, 0.25) is 0 Å². The van der Waals surface area contributed by atoms with Crippen LogP contribution in [-0.4, -0.2) is 56.4 Å². The molecule has 2 aliphatic rings. The van der Waals surface area contributed by atoms with Crippen molar-refractivity contribution in [3.63, 3.8) is 0 Å². The highest BCUT2D eigenvalue weighted by atomic mass is 31.2. The Labute approximate surface area is 208 Å². The summed E-state index contributed by atoms with van der Waals surface area (Å²) in [6.07, 6.45) is 14.3. The molecule has 1 saturated carbocycles. The lowest BCUT2D eigenvalue weighted by Crippen LogP contribution is -2.45. The zero-order valence-electron chi connectivity index (χ0n) is 20.6. The summed E-state index contributed by atoms with van der Waals surface area (Å²) in [5.41, 5.74) is 3.79. The molecule has 1 heterocycles. The molecule has 0 aromatic carbocycles. The monoisotopic (exact) mass is 515 g/mol. The predicted octanol–water partition coefficient (Wildman–Crippen LogP) is 3.28. The second-order valence-electron chi connectivity index (χ2n) is 9.61. The van der Waals surface area contributed by atoms with E-state index in [9.17, 15) is 29.4 Å². The van der Waals surface area contributed by atoms with E-state index in [2.05, 4.69) is 6.08 Å². The molecule has 0 radical (unpaired) electrons. The molecule has 35 heavy (non-hydrogen) atoms. The number of nitrogens with two attached hydrogens (primary N) is 1. The van der Waals surface area contributed by atoms with E-state index in [0.29, 0.717) is 18.8 Å². The molecule has 1 saturated heterocycles. The van der Waals surface area contributed by atoms with Gasteiger partial charge in [-0.1, -0.05) is 56.6 Å². The molecule has 6 N–H and O–H groups in total. The van der Waals surface area contributed by atoms with E-state index >= 15 is 0 Å². The average Bonchev–Trinajstić information content (AvgIpc) is 2.80. The minimum Gasteiger partial charge on any atom is -0.458 e. The van der Waals surface area contributed by atoms with Gasteiger partial charge in [-0.15, -0.1) is 0 Å². The summed E-state index contributed by atoms with van der Waals surface area (Å²) in [7, 11) is -5.00. The van der Waals surface area contributed by atoms with Crippen LogP contribution >= 0.6 is 7.82 Å². The first-order valence-electron chi connectivity index (χ1n) is 12.6. The van der Waals surface area contributed by atoms with Crippen molar-refractivity contribution in [3.8, 4) is 0 Å². The molecule has 1 aliphatic heterocycles. The molecule has 0 aromatic rings. The summed E-state index contributed by atoms with van der Waals surface area (Å²) in [5, 5.41) is 21.9. The van der Waals surface area contributed by atoms with Gasteiger partial charge in [-0.2, -0.15) is 0 Å². The third-order valence-electron chi connectivity index (χ3n) is 6.85. The number of phosphoric ester groups is 1. The van der Waals surface area contributed by atoms with Gasteiger partial charge in [0.2, 0.25) is 0 Å². The molecule has 2 fully saturated rings. The Hall–Kier alpha value is -1.32. The maximum Gasteiger partial charge on any atom is 0.469 e. The molecule has 5 atom stereocenters. The number of hydrogen-bond acceptors (Lipinski definition) is 7. The molecule has 0 spiro atoms. The van der Waals surface area contributed by atoms with Crippen LogP contribution in [0.15, 0.2) is 36.5 Å². The molecule has 0 aromatic heterocycles. The Morgan fingerprint density at radius 3 is 2.54 bits per heavy atom. The number of aliphatic hydroxyl groups is 2. The van der Waals surface area contributed by atoms with E-state index in [1.54, 1.807) is 6.08 Å². The lowest BCUT2D eigenvalue weighted by atomic mass is 9.86. The van der Waals surface area contributed by atoms with Crippen molar-refractivity contribution in [2.75, 3.05) is 6.54 Å². The third-order valence-corrected chi connectivity index (χ3v) is 7.38. The van der Waals surface area contributed by atoms with Gasteiger partial charge in [0.15, 0.2) is 0 Å². The lowest BCUT2D eigenvalue weighted by molar-refractivity contribution is -0.154. The fraction of sp³-hybridized carbons (Fsp3) is 0.720. The van der Waals surface area contributed by atoms with Gasteiger partial charge in [0.1, 0.15) is 17.8 Å². The number of phosphoric acid groups is 1. The maximum absolute atomic E-state index is 11.8. The molecule has 0 bridgehead atoms. The highest BCUT2D eigenvalue weighted by Crippen LogP contribution is 2.42. The summed E-state index contributed by atoms with van der Waals surface area (Å²) in [4.78, 5) is 30.7. The van der Waals surface area contributed by atoms with Gasteiger partial charge in [-0.3, -0.25) is 9.32 Å². The molecule has 2 rings (SSSR count). The van der Waals surface area contributed by atoms with E-state index < -0.39 is 31.7 Å². The number of rotatable bonds is 13. The summed E-state index contributed by atoms with van der Waals surface area (Å²) < 4.78 is 22.0. The summed E-state index contributed by atoms with van der Waals surface area (Å²) in [6, 6.07) is 0. The van der Waals surface area contributed by atoms with Gasteiger partial charge in [0.25, 0.3) is 0 Å². The van der Waals surface area contributed by atoms with Crippen molar-refractivity contribution in [3.05, 3.63) is 36.5 Å². The number of carbonyl (C=O) groups is 1. The molecule has 9 nitrogen and oxygen atoms in total. The van der Waals surface area contributed by atoms with Gasteiger partial charge in [0.05, 0.1) is 6.10 Å². The summed E-state index contributed by atoms with van der Waals surface area (Å²) >= 11 is 0. The Bertz CT molecular complexity index is 788. The standard InChI is InChI=1S/C25H42NO8P/c1-2-20-12-13-24(28)33-22(20)14-15-25(29,16-17-26)23(34-35(30,31)32)18-21(27)11-7-6-10-19-8-4-3-5-9-19/h6-7,10-11,14-15,19-23,27,29H,2-5,8-9,12-13,16-18,26H2,1H3,(H2,30,31,32)/b10-6-,11-7-,15-14+/t20-,21-,22-,23+,25-/m0/s1. The van der Waals surface area contributed by atoms with Gasteiger partial charge < -0.3 is 30.5 Å². The van der Waals surface area contributed by atoms with Gasteiger partial charge in [-0.05, 0) is 56.6 Å². The Kier molecular flexibility index (Phi) is 12.3. The van der Waals surface area contributed by atoms with E-state index in [1.165, 1.54) is 37.5 Å². The quantitative estimate of drug-likeness (QED) is 0.107. The number of hydrogen-bond donors (Lipinski definition) is 5. The zero-order valence-corrected chi connectivity index (χ0v) is 21.5. The van der Waals surface area contributed by atoms with Crippen LogP contribution in [0.3, 0.4) is 0 Å². The van der Waals surface area contributed by atoms with Crippen molar-refractivity contribution >= 4 is 13.8 Å². The second kappa shape index (κ2) is 14.4. The first-order valence-corrected chi connectivity index (χ1v) is 14.2. The smallest absolute Gasteiger partial charge is 0.458 e. The molecule has 10 heteroatoms. The maximum atomic E-state index is 11.8. The third kappa shape index (κ3) is 10.7. The van der Waals surface area contributed by atoms with Crippen LogP contribution in [0.25, 0.3) is 0 Å². The van der Waals surface area contributed by atoms with Gasteiger partial charge in [-0.25, -0.2) is 4.57 Å². The van der Waals surface area contributed by atoms with Crippen molar-refractivity contribution in [2.45, 2.75) is 95.0 Å². The number of allylic oxidation sites excluding steroid dienone is 3. The highest BCUT2D eigenvalue weighted by molar-refractivity contribution is 7.46. The normalized spacial score (nSPS) is 26.3. The number of carbonyl (C=O) groups excluding carboxylic acids is 1. The Morgan fingerprint density at radius 1 is 1.20 bits per heavy atom. The van der Waals surface area contributed by atoms with Crippen molar-refractivity contribution in [2.24, 2.45) is 17.6 Å².